The van der Waals surface area contributed by atoms with Crippen molar-refractivity contribution < 1.29 is 23.9 Å². The van der Waals surface area contributed by atoms with Gasteiger partial charge in [0.1, 0.15) is 5.82 Å². The van der Waals surface area contributed by atoms with Crippen molar-refractivity contribution >= 4 is 17.8 Å². The molecule has 1 unspecified atom stereocenters. The molecule has 0 bridgehead atoms. The average molecular weight is 265 g/mol. The first-order valence-corrected chi connectivity index (χ1v) is 5.82. The molecular weight excluding hydrogens is 253 g/mol. The number of aliphatic carboxylic acids is 1. The van der Waals surface area contributed by atoms with Gasteiger partial charge in [-0.3, -0.25) is 19.3 Å². The van der Waals surface area contributed by atoms with Crippen LogP contribution in [0.4, 0.5) is 4.39 Å². The number of hydrogen-bond acceptors (Lipinski definition) is 3. The molecular formula is C13H12FNO4. The third-order valence-electron chi connectivity index (χ3n) is 3.09. The van der Waals surface area contributed by atoms with Gasteiger partial charge in [0.15, 0.2) is 0 Å². The van der Waals surface area contributed by atoms with Crippen molar-refractivity contribution in [3.05, 3.63) is 35.6 Å². The van der Waals surface area contributed by atoms with Gasteiger partial charge in [-0.25, -0.2) is 4.39 Å². The van der Waals surface area contributed by atoms with Crippen LogP contribution in [0.2, 0.25) is 0 Å². The van der Waals surface area contributed by atoms with Crippen LogP contribution in [-0.2, 0) is 9.59 Å². The molecule has 2 rings (SSSR count). The molecule has 1 aliphatic heterocycles. The Morgan fingerprint density at radius 3 is 2.68 bits per heavy atom. The summed E-state index contributed by atoms with van der Waals surface area (Å²) in [4.78, 5) is 35.6. The largest absolute Gasteiger partial charge is 0.481 e. The third kappa shape index (κ3) is 2.78. The molecule has 0 spiro atoms. The van der Waals surface area contributed by atoms with E-state index in [1.807, 2.05) is 0 Å². The van der Waals surface area contributed by atoms with Gasteiger partial charge >= 0.3 is 5.97 Å². The number of piperidine rings is 1. The predicted molar refractivity (Wildman–Crippen MR) is 62.8 cm³/mol. The second-order valence-electron chi connectivity index (χ2n) is 4.39. The fraction of sp³-hybridized carbons (Fsp3) is 0.308. The maximum atomic E-state index is 13.0. The fourth-order valence-electron chi connectivity index (χ4n) is 2.04. The fourth-order valence-corrected chi connectivity index (χ4v) is 2.04. The normalized spacial score (nSPS) is 19.3. The van der Waals surface area contributed by atoms with E-state index in [9.17, 15) is 18.8 Å². The molecule has 0 aromatic heterocycles. The van der Waals surface area contributed by atoms with Crippen LogP contribution in [0.1, 0.15) is 23.2 Å². The van der Waals surface area contributed by atoms with Crippen LogP contribution in [0.15, 0.2) is 24.3 Å². The number of amides is 2. The second kappa shape index (κ2) is 5.17. The monoisotopic (exact) mass is 265 g/mol. The van der Waals surface area contributed by atoms with Gasteiger partial charge in [0.25, 0.3) is 5.91 Å². The standard InChI is InChI=1S/C13H12FNO4/c14-10-3-1-2-8(6-10)12(17)15-5-4-9(13(18)19)7-11(15)16/h1-3,6,9H,4-5,7H2,(H,18,19). The zero-order valence-electron chi connectivity index (χ0n) is 10.0. The Kier molecular flexibility index (Phi) is 3.59. The van der Waals surface area contributed by atoms with Gasteiger partial charge in [-0.2, -0.15) is 0 Å². The van der Waals surface area contributed by atoms with E-state index in [0.29, 0.717) is 0 Å². The van der Waals surface area contributed by atoms with Crippen LogP contribution in [0, 0.1) is 11.7 Å². The minimum Gasteiger partial charge on any atom is -0.481 e. The summed E-state index contributed by atoms with van der Waals surface area (Å²) in [7, 11) is 0. The first-order chi connectivity index (χ1) is 8.99. The highest BCUT2D eigenvalue weighted by atomic mass is 19.1. The quantitative estimate of drug-likeness (QED) is 0.817. The van der Waals surface area contributed by atoms with Crippen molar-refractivity contribution in [2.45, 2.75) is 12.8 Å². The molecule has 1 N–H and O–H groups in total. The van der Waals surface area contributed by atoms with Gasteiger partial charge in [0.2, 0.25) is 5.91 Å². The first-order valence-electron chi connectivity index (χ1n) is 5.82. The summed E-state index contributed by atoms with van der Waals surface area (Å²) in [5, 5.41) is 8.83. The Hall–Kier alpha value is -2.24. The summed E-state index contributed by atoms with van der Waals surface area (Å²) in [6.07, 6.45) is 0.0263. The predicted octanol–water partition coefficient (Wildman–Crippen LogP) is 1.29. The molecule has 1 atom stereocenters. The number of imide groups is 1. The molecule has 100 valence electrons. The molecule has 2 amide bonds. The molecule has 19 heavy (non-hydrogen) atoms. The number of likely N-dealkylation sites (tertiary alicyclic amines) is 1. The number of carboxylic acids is 1. The number of rotatable bonds is 2. The van der Waals surface area contributed by atoms with Crippen LogP contribution < -0.4 is 0 Å². The number of hydrogen-bond donors (Lipinski definition) is 1. The molecule has 1 saturated heterocycles. The summed E-state index contributed by atoms with van der Waals surface area (Å²) in [6.45, 7) is 0.0468. The molecule has 1 aromatic rings. The summed E-state index contributed by atoms with van der Waals surface area (Å²) < 4.78 is 13.0. The minimum atomic E-state index is -1.04. The number of carbonyl (C=O) groups excluding carboxylic acids is 2. The Morgan fingerprint density at radius 2 is 2.11 bits per heavy atom. The van der Waals surface area contributed by atoms with Crippen molar-refractivity contribution in [3.63, 3.8) is 0 Å². The number of halogens is 1. The van der Waals surface area contributed by atoms with Crippen LogP contribution >= 0.6 is 0 Å². The SMILES string of the molecule is O=C(O)C1CCN(C(=O)c2cccc(F)c2)C(=O)C1. The van der Waals surface area contributed by atoms with Gasteiger partial charge in [-0.05, 0) is 24.6 Å². The van der Waals surface area contributed by atoms with Gasteiger partial charge in [-0.15, -0.1) is 0 Å². The summed E-state index contributed by atoms with van der Waals surface area (Å²) in [5.41, 5.74) is 0.0853. The van der Waals surface area contributed by atoms with Crippen molar-refractivity contribution in [3.8, 4) is 0 Å². The first kappa shape index (κ1) is 13.2. The minimum absolute atomic E-state index is 0.0468. The van der Waals surface area contributed by atoms with E-state index >= 15 is 0 Å². The Bertz CT molecular complexity index is 543. The van der Waals surface area contributed by atoms with E-state index in [0.717, 1.165) is 11.0 Å². The smallest absolute Gasteiger partial charge is 0.307 e. The summed E-state index contributed by atoms with van der Waals surface area (Å²) in [6, 6.07) is 5.06. The number of nitrogens with zero attached hydrogens (tertiary/aromatic N) is 1. The molecule has 1 fully saturated rings. The topological polar surface area (TPSA) is 74.7 Å². The van der Waals surface area contributed by atoms with Crippen molar-refractivity contribution in [1.82, 2.24) is 4.90 Å². The van der Waals surface area contributed by atoms with E-state index in [4.69, 9.17) is 5.11 Å². The number of carbonyl (C=O) groups is 3. The molecule has 5 nitrogen and oxygen atoms in total. The Morgan fingerprint density at radius 1 is 1.37 bits per heavy atom. The lowest BCUT2D eigenvalue weighted by atomic mass is 9.96. The lowest BCUT2D eigenvalue weighted by Crippen LogP contribution is -2.44. The second-order valence-corrected chi connectivity index (χ2v) is 4.39. The third-order valence-corrected chi connectivity index (χ3v) is 3.09. The molecule has 1 aromatic carbocycles. The maximum Gasteiger partial charge on any atom is 0.307 e. The Labute approximate surface area is 108 Å². The van der Waals surface area contributed by atoms with Crippen LogP contribution in [-0.4, -0.2) is 34.3 Å². The maximum absolute atomic E-state index is 13.0. The van der Waals surface area contributed by atoms with Crippen molar-refractivity contribution in [2.75, 3.05) is 6.54 Å². The van der Waals surface area contributed by atoms with Crippen molar-refractivity contribution in [1.29, 1.82) is 0 Å². The summed E-state index contributed by atoms with van der Waals surface area (Å²) in [5.74, 6) is -3.46. The molecule has 0 aliphatic carbocycles. The molecule has 1 aliphatic rings. The highest BCUT2D eigenvalue weighted by Crippen LogP contribution is 2.20. The molecule has 0 radical (unpaired) electrons. The van der Waals surface area contributed by atoms with Gasteiger partial charge < -0.3 is 5.11 Å². The zero-order chi connectivity index (χ0) is 14.0. The van der Waals surface area contributed by atoms with E-state index in [1.54, 1.807) is 0 Å². The van der Waals surface area contributed by atoms with Crippen LogP contribution in [0.5, 0.6) is 0 Å². The van der Waals surface area contributed by atoms with Gasteiger partial charge in [0, 0.05) is 18.5 Å². The van der Waals surface area contributed by atoms with Crippen molar-refractivity contribution in [2.24, 2.45) is 5.92 Å². The number of carboxylic acid groups (broad SMARTS) is 1. The highest BCUT2D eigenvalue weighted by Gasteiger charge is 2.33. The van der Waals surface area contributed by atoms with Gasteiger partial charge in [-0.1, -0.05) is 6.07 Å². The van der Waals surface area contributed by atoms with E-state index in [-0.39, 0.29) is 24.9 Å². The van der Waals surface area contributed by atoms with E-state index < -0.39 is 29.5 Å². The average Bonchev–Trinajstić information content (AvgIpc) is 2.37. The van der Waals surface area contributed by atoms with Crippen LogP contribution in [0.25, 0.3) is 0 Å². The zero-order valence-corrected chi connectivity index (χ0v) is 10.0. The Balaban J connectivity index is 2.13. The number of benzene rings is 1. The molecule has 1 heterocycles. The molecule has 6 heteroatoms. The van der Waals surface area contributed by atoms with E-state index in [1.165, 1.54) is 18.2 Å². The highest BCUT2D eigenvalue weighted by molar-refractivity contribution is 6.05. The van der Waals surface area contributed by atoms with Gasteiger partial charge in [0.05, 0.1) is 5.92 Å². The summed E-state index contributed by atoms with van der Waals surface area (Å²) >= 11 is 0. The van der Waals surface area contributed by atoms with Crippen LogP contribution in [0.3, 0.4) is 0 Å². The molecule has 0 saturated carbocycles. The lowest BCUT2D eigenvalue weighted by Gasteiger charge is -2.28. The van der Waals surface area contributed by atoms with E-state index in [2.05, 4.69) is 0 Å². The lowest BCUT2D eigenvalue weighted by molar-refractivity contribution is -0.148.